The Balaban J connectivity index is 1.54. The van der Waals surface area contributed by atoms with Crippen molar-refractivity contribution < 1.29 is 4.42 Å². The van der Waals surface area contributed by atoms with Crippen LogP contribution in [0.2, 0.25) is 5.02 Å². The predicted molar refractivity (Wildman–Crippen MR) is 88.6 cm³/mol. The Kier molecular flexibility index (Phi) is 4.10. The third-order valence-corrected chi connectivity index (χ3v) is 4.94. The van der Waals surface area contributed by atoms with Gasteiger partial charge in [-0.3, -0.25) is 9.55 Å². The molecule has 3 aromatic rings. The molecule has 1 saturated carbocycles. The lowest BCUT2D eigenvalue weighted by Gasteiger charge is -2.08. The highest BCUT2D eigenvalue weighted by Gasteiger charge is 2.30. The quantitative estimate of drug-likeness (QED) is 0.628. The maximum Gasteiger partial charge on any atom is 0.192 e. The number of thioether (sulfide) groups is 1. The highest BCUT2D eigenvalue weighted by atomic mass is 35.5. The lowest BCUT2D eigenvalue weighted by Crippen LogP contribution is -2.05. The summed E-state index contributed by atoms with van der Waals surface area (Å²) >= 11 is 7.51. The van der Waals surface area contributed by atoms with Gasteiger partial charge >= 0.3 is 0 Å². The molecule has 23 heavy (non-hydrogen) atoms. The molecule has 3 aromatic heterocycles. The summed E-state index contributed by atoms with van der Waals surface area (Å²) < 4.78 is 7.64. The molecule has 0 spiro atoms. The first-order chi connectivity index (χ1) is 11.3. The van der Waals surface area contributed by atoms with Gasteiger partial charge in [0.2, 0.25) is 0 Å². The molecule has 0 aliphatic heterocycles. The van der Waals surface area contributed by atoms with Gasteiger partial charge in [-0.1, -0.05) is 23.4 Å². The van der Waals surface area contributed by atoms with Gasteiger partial charge in [0.25, 0.3) is 0 Å². The highest BCUT2D eigenvalue weighted by Crippen LogP contribution is 2.40. The van der Waals surface area contributed by atoms with E-state index in [0.29, 0.717) is 17.5 Å². The number of halogens is 1. The van der Waals surface area contributed by atoms with Crippen molar-refractivity contribution in [2.45, 2.75) is 36.2 Å². The number of nitrogens with zero attached hydrogens (tertiary/aromatic N) is 4. The number of pyridine rings is 1. The molecule has 0 amide bonds. The zero-order chi connectivity index (χ0) is 15.6. The molecule has 1 aliphatic carbocycles. The van der Waals surface area contributed by atoms with E-state index >= 15 is 0 Å². The van der Waals surface area contributed by atoms with Crippen LogP contribution in [0, 0.1) is 0 Å². The molecule has 7 heteroatoms. The van der Waals surface area contributed by atoms with Gasteiger partial charge in [-0.2, -0.15) is 0 Å². The largest absolute Gasteiger partial charge is 0.467 e. The minimum atomic E-state index is 0.542. The highest BCUT2D eigenvalue weighted by molar-refractivity contribution is 7.98. The fourth-order valence-electron chi connectivity index (χ4n) is 2.39. The maximum absolute atomic E-state index is 5.87. The van der Waals surface area contributed by atoms with Crippen LogP contribution in [0.3, 0.4) is 0 Å². The zero-order valence-corrected chi connectivity index (χ0v) is 13.9. The van der Waals surface area contributed by atoms with E-state index in [9.17, 15) is 0 Å². The van der Waals surface area contributed by atoms with Crippen molar-refractivity contribution in [2.75, 3.05) is 0 Å². The third kappa shape index (κ3) is 3.43. The van der Waals surface area contributed by atoms with E-state index < -0.39 is 0 Å². The fourth-order valence-corrected chi connectivity index (χ4v) is 3.36. The van der Waals surface area contributed by atoms with Crippen molar-refractivity contribution in [2.24, 2.45) is 0 Å². The minimum absolute atomic E-state index is 0.542. The number of hydrogen-bond acceptors (Lipinski definition) is 5. The number of hydrogen-bond donors (Lipinski definition) is 0. The van der Waals surface area contributed by atoms with Gasteiger partial charge in [0.05, 0.1) is 23.5 Å². The van der Waals surface area contributed by atoms with Crippen molar-refractivity contribution in [3.05, 3.63) is 59.0 Å². The van der Waals surface area contributed by atoms with Gasteiger partial charge in [0.15, 0.2) is 5.16 Å². The summed E-state index contributed by atoms with van der Waals surface area (Å²) in [7, 11) is 0. The molecule has 5 nitrogen and oxygen atoms in total. The lowest BCUT2D eigenvalue weighted by molar-refractivity contribution is 0.478. The van der Waals surface area contributed by atoms with E-state index in [4.69, 9.17) is 16.0 Å². The summed E-state index contributed by atoms with van der Waals surface area (Å²) in [6.07, 6.45) is 5.75. The third-order valence-electron chi connectivity index (χ3n) is 3.72. The van der Waals surface area contributed by atoms with Crippen molar-refractivity contribution >= 4 is 23.4 Å². The Hall–Kier alpha value is -1.79. The molecule has 0 N–H and O–H groups in total. The monoisotopic (exact) mass is 346 g/mol. The van der Waals surface area contributed by atoms with Gasteiger partial charge in [-0.25, -0.2) is 0 Å². The van der Waals surface area contributed by atoms with Crippen LogP contribution in [0.25, 0.3) is 0 Å². The average Bonchev–Trinajstić information content (AvgIpc) is 3.13. The Morgan fingerprint density at radius 3 is 2.87 bits per heavy atom. The molecule has 1 fully saturated rings. The maximum atomic E-state index is 5.87. The number of rotatable bonds is 6. The predicted octanol–water partition coefficient (Wildman–Crippen LogP) is 4.14. The van der Waals surface area contributed by atoms with Gasteiger partial charge < -0.3 is 4.42 Å². The molecular weight excluding hydrogens is 332 g/mol. The van der Waals surface area contributed by atoms with Crippen LogP contribution >= 0.6 is 23.4 Å². The van der Waals surface area contributed by atoms with Crippen LogP contribution < -0.4 is 0 Å². The first-order valence-electron chi connectivity index (χ1n) is 7.48. The van der Waals surface area contributed by atoms with E-state index in [0.717, 1.165) is 28.2 Å². The normalized spacial score (nSPS) is 14.3. The van der Waals surface area contributed by atoms with Crippen molar-refractivity contribution in [1.82, 2.24) is 19.7 Å². The summed E-state index contributed by atoms with van der Waals surface area (Å²) in [5.74, 6) is 3.25. The summed E-state index contributed by atoms with van der Waals surface area (Å²) in [5.41, 5.74) is 0.972. The van der Waals surface area contributed by atoms with Crippen LogP contribution in [0.5, 0.6) is 0 Å². The molecule has 118 valence electrons. The molecule has 0 saturated heterocycles. The molecular formula is C16H15ClN4OS. The van der Waals surface area contributed by atoms with Crippen molar-refractivity contribution in [3.63, 3.8) is 0 Å². The molecule has 0 radical (unpaired) electrons. The van der Waals surface area contributed by atoms with Gasteiger partial charge in [-0.15, -0.1) is 10.2 Å². The average molecular weight is 347 g/mol. The van der Waals surface area contributed by atoms with Gasteiger partial charge in [0, 0.05) is 17.9 Å². The number of aromatic nitrogens is 4. The summed E-state index contributed by atoms with van der Waals surface area (Å²) in [6, 6.07) is 7.67. The van der Waals surface area contributed by atoms with E-state index in [1.165, 1.54) is 12.8 Å². The Bertz CT molecular complexity index is 781. The van der Waals surface area contributed by atoms with Gasteiger partial charge in [-0.05, 0) is 37.1 Å². The Morgan fingerprint density at radius 1 is 1.26 bits per heavy atom. The molecule has 1 aliphatic rings. The van der Waals surface area contributed by atoms with E-state index in [1.54, 1.807) is 24.2 Å². The first-order valence-corrected chi connectivity index (χ1v) is 8.84. The van der Waals surface area contributed by atoms with Crippen LogP contribution in [0.4, 0.5) is 0 Å². The van der Waals surface area contributed by atoms with Crippen LogP contribution in [-0.4, -0.2) is 19.7 Å². The van der Waals surface area contributed by atoms with Gasteiger partial charge in [0.1, 0.15) is 11.6 Å². The smallest absolute Gasteiger partial charge is 0.192 e. The Labute approximate surface area is 143 Å². The van der Waals surface area contributed by atoms with Crippen LogP contribution in [-0.2, 0) is 12.3 Å². The SMILES string of the molecule is Clc1ccc(CSc2nnc(C3CC3)n2Cc2ccco2)nc1. The van der Waals surface area contributed by atoms with Crippen LogP contribution in [0.15, 0.2) is 46.3 Å². The molecule has 3 heterocycles. The zero-order valence-electron chi connectivity index (χ0n) is 12.4. The second-order valence-corrected chi connectivity index (χ2v) is 6.92. The molecule has 0 bridgehead atoms. The molecule has 0 unspecified atom stereocenters. The molecule has 0 atom stereocenters. The molecule has 0 aromatic carbocycles. The second kappa shape index (κ2) is 6.37. The first kappa shape index (κ1) is 14.8. The Morgan fingerprint density at radius 2 is 2.17 bits per heavy atom. The van der Waals surface area contributed by atoms with Crippen molar-refractivity contribution in [1.29, 1.82) is 0 Å². The lowest BCUT2D eigenvalue weighted by atomic mass is 10.3. The van der Waals surface area contributed by atoms with E-state index in [2.05, 4.69) is 19.7 Å². The second-order valence-electron chi connectivity index (χ2n) is 5.54. The van der Waals surface area contributed by atoms with E-state index in [1.807, 2.05) is 24.3 Å². The van der Waals surface area contributed by atoms with E-state index in [-0.39, 0.29) is 0 Å². The summed E-state index contributed by atoms with van der Waals surface area (Å²) in [5, 5.41) is 10.3. The summed E-state index contributed by atoms with van der Waals surface area (Å²) in [6.45, 7) is 0.669. The van der Waals surface area contributed by atoms with Crippen molar-refractivity contribution in [3.8, 4) is 0 Å². The number of furan rings is 1. The topological polar surface area (TPSA) is 56.7 Å². The molecule has 4 rings (SSSR count). The standard InChI is InChI=1S/C16H15ClN4OS/c17-12-5-6-13(18-8-12)10-23-16-20-19-15(11-3-4-11)21(16)9-14-2-1-7-22-14/h1-2,5-8,11H,3-4,9-10H2. The fraction of sp³-hybridized carbons (Fsp3) is 0.312. The minimum Gasteiger partial charge on any atom is -0.467 e. The van der Waals surface area contributed by atoms with Crippen LogP contribution in [0.1, 0.15) is 36.0 Å². The summed E-state index contributed by atoms with van der Waals surface area (Å²) in [4.78, 5) is 4.32.